The molecule has 1 heterocycles. The number of hydrogen-bond acceptors (Lipinski definition) is 4. The van der Waals surface area contributed by atoms with Crippen molar-refractivity contribution in [2.75, 3.05) is 0 Å². The molecule has 1 saturated carbocycles. The Kier molecular flexibility index (Phi) is 2.65. The molecule has 2 aromatic rings. The first-order chi connectivity index (χ1) is 8.34. The van der Waals surface area contributed by atoms with E-state index in [1.165, 1.54) is 19.3 Å². The maximum atomic E-state index is 6.09. The van der Waals surface area contributed by atoms with Gasteiger partial charge in [0.1, 0.15) is 6.04 Å². The maximum absolute atomic E-state index is 6.09. The Balaban J connectivity index is 1.81. The van der Waals surface area contributed by atoms with E-state index in [1.54, 1.807) is 0 Å². The molecule has 0 aliphatic heterocycles. The van der Waals surface area contributed by atoms with Crippen molar-refractivity contribution in [3.63, 3.8) is 0 Å². The van der Waals surface area contributed by atoms with Gasteiger partial charge in [-0.2, -0.15) is 4.98 Å². The van der Waals surface area contributed by atoms with E-state index in [-0.39, 0.29) is 6.04 Å². The molecule has 1 aliphatic rings. The van der Waals surface area contributed by atoms with Crippen LogP contribution in [0.5, 0.6) is 0 Å². The molecule has 1 fully saturated rings. The van der Waals surface area contributed by atoms with Gasteiger partial charge in [0.25, 0.3) is 0 Å². The predicted molar refractivity (Wildman–Crippen MR) is 63.4 cm³/mol. The Morgan fingerprint density at radius 2 is 2.00 bits per heavy atom. The average molecular weight is 229 g/mol. The smallest absolute Gasteiger partial charge is 0.248 e. The maximum Gasteiger partial charge on any atom is 0.248 e. The Morgan fingerprint density at radius 1 is 1.24 bits per heavy atom. The number of nitrogens with two attached hydrogens (primary N) is 1. The molecule has 0 saturated heterocycles. The number of nitrogens with zero attached hydrogens (tertiary/aromatic N) is 2. The lowest BCUT2D eigenvalue weighted by Crippen LogP contribution is -2.13. The second kappa shape index (κ2) is 4.30. The highest BCUT2D eigenvalue weighted by Crippen LogP contribution is 2.35. The van der Waals surface area contributed by atoms with Gasteiger partial charge in [-0.25, -0.2) is 0 Å². The quantitative estimate of drug-likeness (QED) is 0.877. The van der Waals surface area contributed by atoms with Gasteiger partial charge in [0.2, 0.25) is 5.89 Å². The molecule has 1 aliphatic carbocycles. The molecular weight excluding hydrogens is 214 g/mol. The summed E-state index contributed by atoms with van der Waals surface area (Å²) < 4.78 is 5.25. The van der Waals surface area contributed by atoms with Gasteiger partial charge < -0.3 is 10.3 Å². The molecule has 1 aromatic heterocycles. The zero-order valence-corrected chi connectivity index (χ0v) is 9.54. The SMILES string of the molecule is NC(c1ccccc1)c1nc(C2CCC2)no1. The number of hydrogen-bond donors (Lipinski definition) is 1. The average Bonchev–Trinajstić information content (AvgIpc) is 2.76. The Morgan fingerprint density at radius 3 is 2.65 bits per heavy atom. The fourth-order valence-electron chi connectivity index (χ4n) is 2.01. The summed E-state index contributed by atoms with van der Waals surface area (Å²) in [6.45, 7) is 0. The molecule has 2 N–H and O–H groups in total. The van der Waals surface area contributed by atoms with Crippen LogP contribution in [0.3, 0.4) is 0 Å². The Hall–Kier alpha value is -1.68. The lowest BCUT2D eigenvalue weighted by atomic mass is 9.85. The van der Waals surface area contributed by atoms with Crippen LogP contribution < -0.4 is 5.73 Å². The van der Waals surface area contributed by atoms with Crippen LogP contribution in [0.4, 0.5) is 0 Å². The van der Waals surface area contributed by atoms with Crippen LogP contribution in [-0.4, -0.2) is 10.1 Å². The Labute approximate surface area is 99.8 Å². The topological polar surface area (TPSA) is 64.9 Å². The summed E-state index contributed by atoms with van der Waals surface area (Å²) in [7, 11) is 0. The van der Waals surface area contributed by atoms with Crippen molar-refractivity contribution < 1.29 is 4.52 Å². The lowest BCUT2D eigenvalue weighted by Gasteiger charge is -2.21. The minimum Gasteiger partial charge on any atom is -0.337 e. The molecular formula is C13H15N3O. The molecule has 0 amide bonds. The fraction of sp³-hybridized carbons (Fsp3) is 0.385. The van der Waals surface area contributed by atoms with Crippen molar-refractivity contribution in [1.29, 1.82) is 0 Å². The van der Waals surface area contributed by atoms with Gasteiger partial charge in [-0.05, 0) is 18.4 Å². The highest BCUT2D eigenvalue weighted by Gasteiger charge is 2.26. The van der Waals surface area contributed by atoms with E-state index >= 15 is 0 Å². The van der Waals surface area contributed by atoms with E-state index < -0.39 is 0 Å². The van der Waals surface area contributed by atoms with Crippen molar-refractivity contribution in [2.24, 2.45) is 5.73 Å². The molecule has 17 heavy (non-hydrogen) atoms. The van der Waals surface area contributed by atoms with Gasteiger partial charge in [0.15, 0.2) is 5.82 Å². The minimum atomic E-state index is -0.322. The summed E-state index contributed by atoms with van der Waals surface area (Å²) in [5, 5.41) is 4.02. The van der Waals surface area contributed by atoms with E-state index in [0.29, 0.717) is 11.8 Å². The number of aromatic nitrogens is 2. The van der Waals surface area contributed by atoms with E-state index in [9.17, 15) is 0 Å². The first-order valence-electron chi connectivity index (χ1n) is 5.98. The Bertz CT molecular complexity index is 490. The zero-order chi connectivity index (χ0) is 11.7. The van der Waals surface area contributed by atoms with Crippen LogP contribution in [0.1, 0.15) is 48.5 Å². The largest absolute Gasteiger partial charge is 0.337 e. The van der Waals surface area contributed by atoms with Crippen LogP contribution in [0.15, 0.2) is 34.9 Å². The highest BCUT2D eigenvalue weighted by molar-refractivity contribution is 5.23. The van der Waals surface area contributed by atoms with Gasteiger partial charge in [-0.1, -0.05) is 41.9 Å². The zero-order valence-electron chi connectivity index (χ0n) is 9.54. The van der Waals surface area contributed by atoms with Crippen molar-refractivity contribution >= 4 is 0 Å². The minimum absolute atomic E-state index is 0.322. The summed E-state index contributed by atoms with van der Waals surface area (Å²) in [6, 6.07) is 9.49. The third-order valence-electron chi connectivity index (χ3n) is 3.35. The second-order valence-electron chi connectivity index (χ2n) is 4.51. The van der Waals surface area contributed by atoms with Gasteiger partial charge in [0.05, 0.1) is 0 Å². The van der Waals surface area contributed by atoms with Gasteiger partial charge in [-0.15, -0.1) is 0 Å². The van der Waals surface area contributed by atoms with Crippen LogP contribution in [-0.2, 0) is 0 Å². The van der Waals surface area contributed by atoms with Crippen molar-refractivity contribution in [2.45, 2.75) is 31.2 Å². The van der Waals surface area contributed by atoms with Gasteiger partial charge >= 0.3 is 0 Å². The molecule has 1 atom stereocenters. The van der Waals surface area contributed by atoms with E-state index in [1.807, 2.05) is 30.3 Å². The molecule has 4 nitrogen and oxygen atoms in total. The third-order valence-corrected chi connectivity index (χ3v) is 3.35. The standard InChI is InChI=1S/C13H15N3O/c14-11(9-5-2-1-3-6-9)13-15-12(16-17-13)10-7-4-8-10/h1-3,5-6,10-11H,4,7-8,14H2. The summed E-state index contributed by atoms with van der Waals surface area (Å²) in [6.07, 6.45) is 3.60. The molecule has 3 rings (SSSR count). The third kappa shape index (κ3) is 1.96. The summed E-state index contributed by atoms with van der Waals surface area (Å²) in [5.74, 6) is 1.81. The molecule has 1 aromatic carbocycles. The fourth-order valence-corrected chi connectivity index (χ4v) is 2.01. The molecule has 1 unspecified atom stereocenters. The second-order valence-corrected chi connectivity index (χ2v) is 4.51. The number of benzene rings is 1. The monoisotopic (exact) mass is 229 g/mol. The van der Waals surface area contributed by atoms with Crippen LogP contribution in [0.25, 0.3) is 0 Å². The molecule has 0 spiro atoms. The van der Waals surface area contributed by atoms with E-state index in [2.05, 4.69) is 10.1 Å². The number of rotatable bonds is 3. The first-order valence-corrected chi connectivity index (χ1v) is 5.98. The van der Waals surface area contributed by atoms with Gasteiger partial charge in [0, 0.05) is 5.92 Å². The first kappa shape index (κ1) is 10.5. The summed E-state index contributed by atoms with van der Waals surface area (Å²) in [5.41, 5.74) is 7.09. The van der Waals surface area contributed by atoms with Crippen LogP contribution in [0.2, 0.25) is 0 Å². The summed E-state index contributed by atoms with van der Waals surface area (Å²) in [4.78, 5) is 4.41. The van der Waals surface area contributed by atoms with Crippen molar-refractivity contribution in [1.82, 2.24) is 10.1 Å². The van der Waals surface area contributed by atoms with Crippen LogP contribution >= 0.6 is 0 Å². The predicted octanol–water partition coefficient (Wildman–Crippen LogP) is 2.39. The molecule has 0 radical (unpaired) electrons. The van der Waals surface area contributed by atoms with Gasteiger partial charge in [-0.3, -0.25) is 0 Å². The van der Waals surface area contributed by atoms with Crippen LogP contribution in [0, 0.1) is 0 Å². The summed E-state index contributed by atoms with van der Waals surface area (Å²) >= 11 is 0. The molecule has 88 valence electrons. The normalized spacial score (nSPS) is 17.7. The van der Waals surface area contributed by atoms with E-state index in [0.717, 1.165) is 11.4 Å². The molecule has 4 heteroatoms. The lowest BCUT2D eigenvalue weighted by molar-refractivity contribution is 0.341. The van der Waals surface area contributed by atoms with Crippen molar-refractivity contribution in [3.05, 3.63) is 47.6 Å². The van der Waals surface area contributed by atoms with Crippen molar-refractivity contribution in [3.8, 4) is 0 Å². The van der Waals surface area contributed by atoms with E-state index in [4.69, 9.17) is 10.3 Å². The highest BCUT2D eigenvalue weighted by atomic mass is 16.5. The molecule has 0 bridgehead atoms.